The van der Waals surface area contributed by atoms with Gasteiger partial charge in [0.2, 0.25) is 0 Å². The van der Waals surface area contributed by atoms with Gasteiger partial charge in [0.15, 0.2) is 0 Å². The van der Waals surface area contributed by atoms with E-state index in [1.807, 2.05) is 30.3 Å². The van der Waals surface area contributed by atoms with Crippen LogP contribution in [0.1, 0.15) is 26.7 Å². The van der Waals surface area contributed by atoms with E-state index in [2.05, 4.69) is 24.5 Å². The molecule has 0 aromatic heterocycles. The molecule has 2 N–H and O–H groups in total. The minimum Gasteiger partial charge on any atom is -0.494 e. The van der Waals surface area contributed by atoms with Crippen LogP contribution >= 0.6 is 0 Å². The molecule has 0 aliphatic rings. The Morgan fingerprint density at radius 2 is 1.63 bits per heavy atom. The summed E-state index contributed by atoms with van der Waals surface area (Å²) in [7, 11) is 0. The number of hydrogen-bond acceptors (Lipinski definition) is 3. The molecule has 0 aliphatic carbocycles. The zero-order valence-corrected chi connectivity index (χ0v) is 12.3. The zero-order valence-electron chi connectivity index (χ0n) is 12.3. The highest BCUT2D eigenvalue weighted by Gasteiger charge is 1.94. The maximum absolute atomic E-state index is 5.63. The van der Waals surface area contributed by atoms with E-state index in [9.17, 15) is 0 Å². The maximum atomic E-state index is 5.63. The van der Waals surface area contributed by atoms with Crippen LogP contribution in [0.15, 0.2) is 30.3 Å². The van der Waals surface area contributed by atoms with E-state index >= 15 is 0 Å². The van der Waals surface area contributed by atoms with E-state index in [0.717, 1.165) is 50.9 Å². The van der Waals surface area contributed by atoms with Crippen molar-refractivity contribution in [1.82, 2.24) is 10.6 Å². The highest BCUT2D eigenvalue weighted by atomic mass is 16.5. The Balaban J connectivity index is 1.81. The molecule has 19 heavy (non-hydrogen) atoms. The number of hydrogen-bond donors (Lipinski definition) is 2. The molecular weight excluding hydrogens is 236 g/mol. The lowest BCUT2D eigenvalue weighted by molar-refractivity contribution is 0.308. The summed E-state index contributed by atoms with van der Waals surface area (Å²) in [5.41, 5.74) is 0. The number of nitrogens with one attached hydrogen (secondary N) is 2. The van der Waals surface area contributed by atoms with E-state index in [1.54, 1.807) is 0 Å². The lowest BCUT2D eigenvalue weighted by atomic mass is 10.2. The van der Waals surface area contributed by atoms with Crippen LogP contribution in [0.5, 0.6) is 5.75 Å². The number of para-hydroxylation sites is 1. The monoisotopic (exact) mass is 264 g/mol. The van der Waals surface area contributed by atoms with Crippen LogP contribution in [0.2, 0.25) is 0 Å². The van der Waals surface area contributed by atoms with Gasteiger partial charge in [0.25, 0.3) is 0 Å². The van der Waals surface area contributed by atoms with Crippen molar-refractivity contribution in [2.75, 3.05) is 32.8 Å². The molecule has 0 fully saturated rings. The third-order valence-corrected chi connectivity index (χ3v) is 2.77. The molecule has 0 radical (unpaired) electrons. The van der Waals surface area contributed by atoms with Crippen LogP contribution < -0.4 is 15.4 Å². The van der Waals surface area contributed by atoms with Crippen LogP contribution in [0.4, 0.5) is 0 Å². The number of ether oxygens (including phenoxy) is 1. The van der Waals surface area contributed by atoms with Gasteiger partial charge in [0.1, 0.15) is 5.75 Å². The lowest BCUT2D eigenvalue weighted by Gasteiger charge is -2.08. The smallest absolute Gasteiger partial charge is 0.119 e. The molecular formula is C16H28N2O. The minimum atomic E-state index is 0.739. The second-order valence-electron chi connectivity index (χ2n) is 5.22. The summed E-state index contributed by atoms with van der Waals surface area (Å²) >= 11 is 0. The van der Waals surface area contributed by atoms with Crippen molar-refractivity contribution in [3.63, 3.8) is 0 Å². The summed E-state index contributed by atoms with van der Waals surface area (Å²) in [6.45, 7) is 9.57. The third-order valence-electron chi connectivity index (χ3n) is 2.77. The SMILES string of the molecule is CC(C)CNCCCNCCCOc1ccccc1. The average Bonchev–Trinajstić information content (AvgIpc) is 2.42. The standard InChI is InChI=1S/C16H28N2O/c1-15(2)14-18-11-6-10-17-12-7-13-19-16-8-4-3-5-9-16/h3-5,8-9,15,17-18H,6-7,10-14H2,1-2H3. The van der Waals surface area contributed by atoms with Crippen LogP contribution in [-0.2, 0) is 0 Å². The van der Waals surface area contributed by atoms with Gasteiger partial charge < -0.3 is 15.4 Å². The molecule has 0 amide bonds. The molecule has 3 nitrogen and oxygen atoms in total. The highest BCUT2D eigenvalue weighted by Crippen LogP contribution is 2.07. The molecule has 0 bridgehead atoms. The fourth-order valence-electron chi connectivity index (χ4n) is 1.76. The van der Waals surface area contributed by atoms with Crippen LogP contribution in [0.3, 0.4) is 0 Å². The Kier molecular flexibility index (Phi) is 9.11. The molecule has 1 aromatic rings. The summed E-state index contributed by atoms with van der Waals surface area (Å²) in [4.78, 5) is 0. The number of benzene rings is 1. The first kappa shape index (κ1) is 16.0. The van der Waals surface area contributed by atoms with Crippen molar-refractivity contribution in [1.29, 1.82) is 0 Å². The lowest BCUT2D eigenvalue weighted by Crippen LogP contribution is -2.25. The molecule has 0 saturated heterocycles. The topological polar surface area (TPSA) is 33.3 Å². The average molecular weight is 264 g/mol. The molecule has 0 atom stereocenters. The first-order chi connectivity index (χ1) is 9.29. The summed E-state index contributed by atoms with van der Waals surface area (Å²) in [5, 5.41) is 6.88. The Labute approximate surface area is 117 Å². The van der Waals surface area contributed by atoms with Gasteiger partial charge >= 0.3 is 0 Å². The van der Waals surface area contributed by atoms with Gasteiger partial charge in [-0.05, 0) is 57.1 Å². The summed E-state index contributed by atoms with van der Waals surface area (Å²) in [6.07, 6.45) is 2.24. The van der Waals surface area contributed by atoms with Gasteiger partial charge in [-0.3, -0.25) is 0 Å². The molecule has 0 heterocycles. The van der Waals surface area contributed by atoms with Crippen LogP contribution in [-0.4, -0.2) is 32.8 Å². The zero-order chi connectivity index (χ0) is 13.8. The van der Waals surface area contributed by atoms with E-state index in [0.29, 0.717) is 0 Å². The normalized spacial score (nSPS) is 10.9. The molecule has 1 rings (SSSR count). The second kappa shape index (κ2) is 10.8. The molecule has 0 aliphatic heterocycles. The Morgan fingerprint density at radius 3 is 2.37 bits per heavy atom. The minimum absolute atomic E-state index is 0.739. The second-order valence-corrected chi connectivity index (χ2v) is 5.22. The van der Waals surface area contributed by atoms with Gasteiger partial charge in [-0.15, -0.1) is 0 Å². The molecule has 0 unspecified atom stereocenters. The Hall–Kier alpha value is -1.06. The predicted octanol–water partition coefficient (Wildman–Crippen LogP) is 2.68. The van der Waals surface area contributed by atoms with Crippen molar-refractivity contribution in [3.8, 4) is 5.75 Å². The predicted molar refractivity (Wildman–Crippen MR) is 81.7 cm³/mol. The quantitative estimate of drug-likeness (QED) is 0.603. The van der Waals surface area contributed by atoms with E-state index in [1.165, 1.54) is 6.42 Å². The fraction of sp³-hybridized carbons (Fsp3) is 0.625. The van der Waals surface area contributed by atoms with Gasteiger partial charge in [0, 0.05) is 0 Å². The molecule has 3 heteroatoms. The maximum Gasteiger partial charge on any atom is 0.119 e. The van der Waals surface area contributed by atoms with Crippen LogP contribution in [0, 0.1) is 5.92 Å². The van der Waals surface area contributed by atoms with Crippen molar-refractivity contribution in [2.45, 2.75) is 26.7 Å². The van der Waals surface area contributed by atoms with Gasteiger partial charge in [-0.1, -0.05) is 32.0 Å². The van der Waals surface area contributed by atoms with E-state index in [-0.39, 0.29) is 0 Å². The Bertz CT molecular complexity index is 301. The van der Waals surface area contributed by atoms with Crippen molar-refractivity contribution in [2.24, 2.45) is 5.92 Å². The van der Waals surface area contributed by atoms with Crippen molar-refractivity contribution in [3.05, 3.63) is 30.3 Å². The van der Waals surface area contributed by atoms with Crippen LogP contribution in [0.25, 0.3) is 0 Å². The summed E-state index contributed by atoms with van der Waals surface area (Å²) < 4.78 is 5.63. The number of rotatable bonds is 11. The summed E-state index contributed by atoms with van der Waals surface area (Å²) in [6, 6.07) is 9.98. The first-order valence-corrected chi connectivity index (χ1v) is 7.38. The largest absolute Gasteiger partial charge is 0.494 e. The highest BCUT2D eigenvalue weighted by molar-refractivity contribution is 5.20. The van der Waals surface area contributed by atoms with Gasteiger partial charge in [-0.25, -0.2) is 0 Å². The van der Waals surface area contributed by atoms with Gasteiger partial charge in [0.05, 0.1) is 6.61 Å². The van der Waals surface area contributed by atoms with Crippen molar-refractivity contribution >= 4 is 0 Å². The Morgan fingerprint density at radius 1 is 0.947 bits per heavy atom. The first-order valence-electron chi connectivity index (χ1n) is 7.38. The molecule has 0 saturated carbocycles. The fourth-order valence-corrected chi connectivity index (χ4v) is 1.76. The van der Waals surface area contributed by atoms with E-state index in [4.69, 9.17) is 4.74 Å². The van der Waals surface area contributed by atoms with Crippen molar-refractivity contribution < 1.29 is 4.74 Å². The van der Waals surface area contributed by atoms with E-state index < -0.39 is 0 Å². The third kappa shape index (κ3) is 9.51. The molecule has 0 spiro atoms. The molecule has 108 valence electrons. The molecule has 1 aromatic carbocycles. The summed E-state index contributed by atoms with van der Waals surface area (Å²) in [5.74, 6) is 1.70. The van der Waals surface area contributed by atoms with Gasteiger partial charge in [-0.2, -0.15) is 0 Å².